The maximum atomic E-state index is 11.7. The van der Waals surface area contributed by atoms with E-state index in [0.29, 0.717) is 13.0 Å². The molecular weight excluding hydrogens is 224 g/mol. The van der Waals surface area contributed by atoms with Gasteiger partial charge in [-0.1, -0.05) is 6.42 Å². The third-order valence-corrected chi connectivity index (χ3v) is 4.22. The maximum absolute atomic E-state index is 11.7. The highest BCUT2D eigenvalue weighted by atomic mass is 32.2. The number of ether oxygens (including phenoxy) is 1. The van der Waals surface area contributed by atoms with Gasteiger partial charge in [0.05, 0.1) is 6.61 Å². The highest BCUT2D eigenvalue weighted by Gasteiger charge is 2.18. The quantitative estimate of drug-likeness (QED) is 0.514. The first kappa shape index (κ1) is 15.6. The first-order valence-electron chi connectivity index (χ1n) is 5.92. The van der Waals surface area contributed by atoms with Crippen molar-refractivity contribution in [2.24, 2.45) is 0 Å². The van der Waals surface area contributed by atoms with Gasteiger partial charge in [-0.05, 0) is 40.5 Å². The van der Waals surface area contributed by atoms with Gasteiger partial charge in [0.25, 0.3) is 0 Å². The molecule has 0 heterocycles. The zero-order valence-corrected chi connectivity index (χ0v) is 11.7. The van der Waals surface area contributed by atoms with Gasteiger partial charge in [0, 0.05) is 27.7 Å². The molecule has 0 spiro atoms. The average Bonchev–Trinajstić information content (AvgIpc) is 2.16. The third-order valence-electron chi connectivity index (χ3n) is 2.20. The molecule has 0 aromatic carbocycles. The van der Waals surface area contributed by atoms with Crippen molar-refractivity contribution in [3.8, 4) is 0 Å². The number of esters is 1. The van der Waals surface area contributed by atoms with Crippen LogP contribution in [0.1, 0.15) is 53.4 Å². The normalized spacial score (nSPS) is 13.5. The molecule has 0 saturated carbocycles. The standard InChI is InChI=1S/C12H24O3S/c1-5-15-11(13)9-7-6-8-10-16(14)12(2,3)4/h5-10H2,1-4H3. The molecule has 96 valence electrons. The van der Waals surface area contributed by atoms with Crippen molar-refractivity contribution >= 4 is 16.8 Å². The van der Waals surface area contributed by atoms with Gasteiger partial charge in [-0.3, -0.25) is 9.00 Å². The van der Waals surface area contributed by atoms with Crippen molar-refractivity contribution in [2.75, 3.05) is 12.4 Å². The van der Waals surface area contributed by atoms with Gasteiger partial charge in [-0.2, -0.15) is 0 Å². The molecule has 0 fully saturated rings. The minimum Gasteiger partial charge on any atom is -0.466 e. The van der Waals surface area contributed by atoms with E-state index in [1.807, 2.05) is 27.7 Å². The zero-order valence-electron chi connectivity index (χ0n) is 10.9. The summed E-state index contributed by atoms with van der Waals surface area (Å²) in [5.74, 6) is 0.603. The maximum Gasteiger partial charge on any atom is 0.305 e. The molecule has 16 heavy (non-hydrogen) atoms. The molecular formula is C12H24O3S. The Labute approximate surface area is 101 Å². The second-order valence-corrected chi connectivity index (χ2v) is 7.10. The van der Waals surface area contributed by atoms with E-state index in [1.54, 1.807) is 0 Å². The molecule has 3 nitrogen and oxygen atoms in total. The van der Waals surface area contributed by atoms with E-state index in [1.165, 1.54) is 0 Å². The van der Waals surface area contributed by atoms with Gasteiger partial charge in [0.2, 0.25) is 0 Å². The first-order valence-corrected chi connectivity index (χ1v) is 7.24. The minimum absolute atomic E-state index is 0.124. The van der Waals surface area contributed by atoms with Gasteiger partial charge in [-0.25, -0.2) is 0 Å². The third kappa shape index (κ3) is 7.85. The van der Waals surface area contributed by atoms with Crippen molar-refractivity contribution in [3.05, 3.63) is 0 Å². The summed E-state index contributed by atoms with van der Waals surface area (Å²) in [7, 11) is -0.771. The Balaban J connectivity index is 3.48. The van der Waals surface area contributed by atoms with E-state index >= 15 is 0 Å². The van der Waals surface area contributed by atoms with E-state index in [4.69, 9.17) is 4.74 Å². The van der Waals surface area contributed by atoms with Crippen LogP contribution < -0.4 is 0 Å². The summed E-state index contributed by atoms with van der Waals surface area (Å²) < 4.78 is 16.4. The van der Waals surface area contributed by atoms with Crippen LogP contribution in [-0.2, 0) is 20.3 Å². The lowest BCUT2D eigenvalue weighted by molar-refractivity contribution is -0.143. The lowest BCUT2D eigenvalue weighted by Gasteiger charge is -2.17. The highest BCUT2D eigenvalue weighted by molar-refractivity contribution is 7.86. The summed E-state index contributed by atoms with van der Waals surface area (Å²) in [5.41, 5.74) is 0. The van der Waals surface area contributed by atoms with E-state index in [0.717, 1.165) is 25.0 Å². The summed E-state index contributed by atoms with van der Waals surface area (Å²) in [4.78, 5) is 11.0. The molecule has 4 heteroatoms. The second-order valence-electron chi connectivity index (χ2n) is 4.78. The van der Waals surface area contributed by atoms with Crippen LogP contribution >= 0.6 is 0 Å². The monoisotopic (exact) mass is 248 g/mol. The molecule has 0 aromatic heterocycles. The number of carbonyl (C=O) groups is 1. The van der Waals surface area contributed by atoms with E-state index in [-0.39, 0.29) is 10.7 Å². The number of rotatable bonds is 7. The number of hydrogen-bond acceptors (Lipinski definition) is 3. The van der Waals surface area contributed by atoms with Gasteiger partial charge in [0.1, 0.15) is 0 Å². The van der Waals surface area contributed by atoms with Gasteiger partial charge in [-0.15, -0.1) is 0 Å². The average molecular weight is 248 g/mol. The number of carbonyl (C=O) groups excluding carboxylic acids is 1. The molecule has 0 bridgehead atoms. The molecule has 0 aliphatic heterocycles. The van der Waals surface area contributed by atoms with Crippen LogP contribution in [0.25, 0.3) is 0 Å². The van der Waals surface area contributed by atoms with Crippen LogP contribution in [0.3, 0.4) is 0 Å². The molecule has 0 amide bonds. The smallest absolute Gasteiger partial charge is 0.305 e. The Bertz CT molecular complexity index is 231. The predicted octanol–water partition coefficient (Wildman–Crippen LogP) is 2.66. The molecule has 0 aliphatic carbocycles. The van der Waals surface area contributed by atoms with Gasteiger partial charge in [0.15, 0.2) is 0 Å². The van der Waals surface area contributed by atoms with Crippen molar-refractivity contribution < 1.29 is 13.7 Å². The Morgan fingerprint density at radius 1 is 1.19 bits per heavy atom. The SMILES string of the molecule is CCOC(=O)CCCCCS(=O)C(C)(C)C. The van der Waals surface area contributed by atoms with Gasteiger partial charge < -0.3 is 4.74 Å². The molecule has 0 saturated heterocycles. The summed E-state index contributed by atoms with van der Waals surface area (Å²) in [6.45, 7) is 8.22. The highest BCUT2D eigenvalue weighted by Crippen LogP contribution is 2.13. The largest absolute Gasteiger partial charge is 0.466 e. The van der Waals surface area contributed by atoms with Crippen molar-refractivity contribution in [2.45, 2.75) is 58.1 Å². The number of hydrogen-bond donors (Lipinski definition) is 0. The van der Waals surface area contributed by atoms with Crippen molar-refractivity contribution in [1.82, 2.24) is 0 Å². The number of unbranched alkanes of at least 4 members (excludes halogenated alkanes) is 2. The Hall–Kier alpha value is -0.380. The van der Waals surface area contributed by atoms with Crippen LogP contribution in [0.2, 0.25) is 0 Å². The lowest BCUT2D eigenvalue weighted by atomic mass is 10.2. The van der Waals surface area contributed by atoms with Crippen LogP contribution in [0, 0.1) is 0 Å². The van der Waals surface area contributed by atoms with Gasteiger partial charge >= 0.3 is 5.97 Å². The first-order chi connectivity index (χ1) is 7.38. The Morgan fingerprint density at radius 3 is 2.31 bits per heavy atom. The van der Waals surface area contributed by atoms with Crippen molar-refractivity contribution in [1.29, 1.82) is 0 Å². The predicted molar refractivity (Wildman–Crippen MR) is 67.9 cm³/mol. The fourth-order valence-corrected chi connectivity index (χ4v) is 2.30. The van der Waals surface area contributed by atoms with Crippen molar-refractivity contribution in [3.63, 3.8) is 0 Å². The van der Waals surface area contributed by atoms with E-state index in [2.05, 4.69) is 0 Å². The molecule has 1 atom stereocenters. The molecule has 1 unspecified atom stereocenters. The van der Waals surface area contributed by atoms with Crippen LogP contribution in [0.15, 0.2) is 0 Å². The molecule has 0 rings (SSSR count). The van der Waals surface area contributed by atoms with Crippen LogP contribution in [-0.4, -0.2) is 27.3 Å². The Kier molecular flexibility index (Phi) is 7.64. The molecule has 0 aromatic rings. The minimum atomic E-state index is -0.771. The zero-order chi connectivity index (χ0) is 12.6. The van der Waals surface area contributed by atoms with Crippen LogP contribution in [0.4, 0.5) is 0 Å². The lowest BCUT2D eigenvalue weighted by Crippen LogP contribution is -2.24. The molecule has 0 aliphatic rings. The molecule has 0 N–H and O–H groups in total. The summed E-state index contributed by atoms with van der Waals surface area (Å²) in [6, 6.07) is 0. The second kappa shape index (κ2) is 7.82. The summed E-state index contributed by atoms with van der Waals surface area (Å²) in [6.07, 6.45) is 3.18. The fraction of sp³-hybridized carbons (Fsp3) is 0.917. The van der Waals surface area contributed by atoms with E-state index < -0.39 is 10.8 Å². The topological polar surface area (TPSA) is 43.4 Å². The molecule has 0 radical (unpaired) electrons. The summed E-state index contributed by atoms with van der Waals surface area (Å²) in [5, 5.41) is 0. The van der Waals surface area contributed by atoms with Crippen LogP contribution in [0.5, 0.6) is 0 Å². The Morgan fingerprint density at radius 2 is 1.81 bits per heavy atom. The fourth-order valence-electron chi connectivity index (χ4n) is 1.22. The summed E-state index contributed by atoms with van der Waals surface area (Å²) >= 11 is 0. The van der Waals surface area contributed by atoms with E-state index in [9.17, 15) is 9.00 Å².